The van der Waals surface area contributed by atoms with Gasteiger partial charge in [0.15, 0.2) is 0 Å². The van der Waals surface area contributed by atoms with Crippen molar-refractivity contribution >= 4 is 0 Å². The lowest BCUT2D eigenvalue weighted by Crippen LogP contribution is -2.50. The van der Waals surface area contributed by atoms with Gasteiger partial charge >= 0.3 is 0 Å². The molecule has 2 atom stereocenters. The number of hydrogen-bond donors (Lipinski definition) is 2. The smallest absolute Gasteiger partial charge is 0.0434 e. The molecule has 3 heteroatoms. The van der Waals surface area contributed by atoms with Gasteiger partial charge < -0.3 is 15.3 Å². The van der Waals surface area contributed by atoms with E-state index in [0.717, 1.165) is 18.9 Å². The SMILES string of the molecule is CCN1CC(CCO)CC(NCC2CCC2)C1. The summed E-state index contributed by atoms with van der Waals surface area (Å²) in [6, 6.07) is 0.654. The van der Waals surface area contributed by atoms with Crippen LogP contribution in [0.5, 0.6) is 0 Å². The van der Waals surface area contributed by atoms with Gasteiger partial charge in [0, 0.05) is 25.7 Å². The molecule has 2 aliphatic rings. The summed E-state index contributed by atoms with van der Waals surface area (Å²) in [7, 11) is 0. The van der Waals surface area contributed by atoms with Crippen LogP contribution < -0.4 is 5.32 Å². The highest BCUT2D eigenvalue weighted by atomic mass is 16.3. The second-order valence-corrected chi connectivity index (χ2v) is 5.87. The zero-order valence-electron chi connectivity index (χ0n) is 11.2. The number of hydrogen-bond acceptors (Lipinski definition) is 3. The highest BCUT2D eigenvalue weighted by Crippen LogP contribution is 2.26. The average Bonchev–Trinajstić information content (AvgIpc) is 2.27. The van der Waals surface area contributed by atoms with Gasteiger partial charge in [-0.15, -0.1) is 0 Å². The molecule has 1 saturated carbocycles. The van der Waals surface area contributed by atoms with Crippen molar-refractivity contribution in [3.05, 3.63) is 0 Å². The fourth-order valence-corrected chi connectivity index (χ4v) is 3.13. The molecular formula is C14H28N2O. The normalized spacial score (nSPS) is 31.4. The summed E-state index contributed by atoms with van der Waals surface area (Å²) < 4.78 is 0. The Hall–Kier alpha value is -0.120. The van der Waals surface area contributed by atoms with E-state index in [1.54, 1.807) is 0 Å². The monoisotopic (exact) mass is 240 g/mol. The van der Waals surface area contributed by atoms with E-state index in [-0.39, 0.29) is 0 Å². The maximum absolute atomic E-state index is 9.09. The minimum atomic E-state index is 0.345. The second-order valence-electron chi connectivity index (χ2n) is 5.87. The minimum absolute atomic E-state index is 0.345. The van der Waals surface area contributed by atoms with Crippen LogP contribution in [0.2, 0.25) is 0 Å². The molecule has 0 aromatic heterocycles. The van der Waals surface area contributed by atoms with Crippen molar-refractivity contribution in [2.24, 2.45) is 11.8 Å². The van der Waals surface area contributed by atoms with Crippen molar-refractivity contribution in [2.45, 2.75) is 45.1 Å². The standard InChI is InChI=1S/C14H28N2O/c1-2-16-10-13(6-7-17)8-14(11-16)15-9-12-4-3-5-12/h12-15,17H,2-11H2,1H3. The molecule has 3 nitrogen and oxygen atoms in total. The molecule has 1 saturated heterocycles. The van der Waals surface area contributed by atoms with Crippen LogP contribution in [-0.4, -0.2) is 48.8 Å². The zero-order valence-corrected chi connectivity index (χ0v) is 11.2. The fourth-order valence-electron chi connectivity index (χ4n) is 3.13. The molecule has 0 radical (unpaired) electrons. The Labute approximate surface area is 106 Å². The summed E-state index contributed by atoms with van der Waals surface area (Å²) >= 11 is 0. The summed E-state index contributed by atoms with van der Waals surface area (Å²) in [4.78, 5) is 2.53. The summed E-state index contributed by atoms with van der Waals surface area (Å²) in [6.45, 7) is 7.32. The fraction of sp³-hybridized carbons (Fsp3) is 1.00. The Kier molecular flexibility index (Phi) is 5.26. The van der Waals surface area contributed by atoms with Crippen molar-refractivity contribution in [1.29, 1.82) is 0 Å². The van der Waals surface area contributed by atoms with Crippen molar-refractivity contribution in [3.8, 4) is 0 Å². The molecule has 1 aliphatic heterocycles. The van der Waals surface area contributed by atoms with E-state index in [4.69, 9.17) is 5.11 Å². The van der Waals surface area contributed by atoms with E-state index in [0.29, 0.717) is 18.6 Å². The van der Waals surface area contributed by atoms with Crippen molar-refractivity contribution in [1.82, 2.24) is 10.2 Å². The number of likely N-dealkylation sites (tertiary alicyclic amines) is 1. The van der Waals surface area contributed by atoms with Crippen LogP contribution in [0.3, 0.4) is 0 Å². The van der Waals surface area contributed by atoms with E-state index < -0.39 is 0 Å². The van der Waals surface area contributed by atoms with E-state index in [1.165, 1.54) is 45.3 Å². The van der Waals surface area contributed by atoms with Crippen LogP contribution in [-0.2, 0) is 0 Å². The van der Waals surface area contributed by atoms with E-state index in [9.17, 15) is 0 Å². The predicted octanol–water partition coefficient (Wildman–Crippen LogP) is 1.47. The first kappa shape index (κ1) is 13.3. The molecule has 100 valence electrons. The molecule has 0 amide bonds. The lowest BCUT2D eigenvalue weighted by molar-refractivity contribution is 0.121. The Morgan fingerprint density at radius 1 is 1.24 bits per heavy atom. The summed E-state index contributed by atoms with van der Waals surface area (Å²) in [5.74, 6) is 1.64. The number of nitrogens with zero attached hydrogens (tertiary/aromatic N) is 1. The highest BCUT2D eigenvalue weighted by Gasteiger charge is 2.27. The molecular weight excluding hydrogens is 212 g/mol. The highest BCUT2D eigenvalue weighted by molar-refractivity contribution is 4.84. The number of likely N-dealkylation sites (N-methyl/N-ethyl adjacent to an activating group) is 1. The lowest BCUT2D eigenvalue weighted by atomic mass is 9.84. The number of aliphatic hydroxyl groups excluding tert-OH is 1. The van der Waals surface area contributed by atoms with E-state index in [2.05, 4.69) is 17.1 Å². The molecule has 1 aliphatic carbocycles. The number of nitrogens with one attached hydrogen (secondary N) is 1. The molecule has 2 N–H and O–H groups in total. The third kappa shape index (κ3) is 3.94. The molecule has 2 fully saturated rings. The van der Waals surface area contributed by atoms with E-state index in [1.807, 2.05) is 0 Å². The summed E-state index contributed by atoms with van der Waals surface area (Å²) in [5.41, 5.74) is 0. The van der Waals surface area contributed by atoms with Gasteiger partial charge in [-0.2, -0.15) is 0 Å². The van der Waals surface area contributed by atoms with Gasteiger partial charge in [-0.25, -0.2) is 0 Å². The quantitative estimate of drug-likeness (QED) is 0.738. The molecule has 0 bridgehead atoms. The van der Waals surface area contributed by atoms with Crippen LogP contribution in [0.1, 0.15) is 39.0 Å². The van der Waals surface area contributed by atoms with Crippen LogP contribution >= 0.6 is 0 Å². The molecule has 2 rings (SSSR count). The molecule has 0 aromatic rings. The zero-order chi connectivity index (χ0) is 12.1. The number of aliphatic hydroxyl groups is 1. The van der Waals surface area contributed by atoms with Crippen molar-refractivity contribution in [3.63, 3.8) is 0 Å². The Morgan fingerprint density at radius 2 is 2.06 bits per heavy atom. The first-order valence-corrected chi connectivity index (χ1v) is 7.38. The Balaban J connectivity index is 1.74. The summed E-state index contributed by atoms with van der Waals surface area (Å²) in [6.07, 6.45) is 6.52. The number of piperidine rings is 1. The molecule has 0 aromatic carbocycles. The summed E-state index contributed by atoms with van der Waals surface area (Å²) in [5, 5.41) is 12.8. The topological polar surface area (TPSA) is 35.5 Å². The van der Waals surface area contributed by atoms with E-state index >= 15 is 0 Å². The molecule has 2 unspecified atom stereocenters. The van der Waals surface area contributed by atoms with Gasteiger partial charge in [-0.1, -0.05) is 13.3 Å². The van der Waals surface area contributed by atoms with Crippen molar-refractivity contribution in [2.75, 3.05) is 32.8 Å². The Morgan fingerprint density at radius 3 is 2.65 bits per heavy atom. The average molecular weight is 240 g/mol. The third-order valence-corrected chi connectivity index (χ3v) is 4.52. The maximum atomic E-state index is 9.09. The van der Waals surface area contributed by atoms with Crippen LogP contribution in [0, 0.1) is 11.8 Å². The third-order valence-electron chi connectivity index (χ3n) is 4.52. The van der Waals surface area contributed by atoms with Gasteiger partial charge in [0.2, 0.25) is 0 Å². The first-order valence-electron chi connectivity index (χ1n) is 7.38. The predicted molar refractivity (Wildman–Crippen MR) is 71.1 cm³/mol. The number of rotatable bonds is 6. The van der Waals surface area contributed by atoms with Gasteiger partial charge in [0.25, 0.3) is 0 Å². The van der Waals surface area contributed by atoms with Gasteiger partial charge in [0.05, 0.1) is 0 Å². The van der Waals surface area contributed by atoms with Gasteiger partial charge in [-0.05, 0) is 50.6 Å². The van der Waals surface area contributed by atoms with Gasteiger partial charge in [0.1, 0.15) is 0 Å². The van der Waals surface area contributed by atoms with Crippen molar-refractivity contribution < 1.29 is 5.11 Å². The van der Waals surface area contributed by atoms with Crippen LogP contribution in [0.4, 0.5) is 0 Å². The first-order chi connectivity index (χ1) is 8.31. The minimum Gasteiger partial charge on any atom is -0.396 e. The second kappa shape index (κ2) is 6.72. The van der Waals surface area contributed by atoms with Gasteiger partial charge in [-0.3, -0.25) is 0 Å². The maximum Gasteiger partial charge on any atom is 0.0434 e. The Bertz CT molecular complexity index is 218. The molecule has 1 heterocycles. The molecule has 0 spiro atoms. The molecule has 17 heavy (non-hydrogen) atoms. The van der Waals surface area contributed by atoms with Crippen LogP contribution in [0.15, 0.2) is 0 Å². The van der Waals surface area contributed by atoms with Crippen LogP contribution in [0.25, 0.3) is 0 Å². The largest absolute Gasteiger partial charge is 0.396 e. The lowest BCUT2D eigenvalue weighted by Gasteiger charge is -2.39.